The van der Waals surface area contributed by atoms with E-state index in [1.54, 1.807) is 0 Å². The molecule has 6 nitrogen and oxygen atoms in total. The summed E-state index contributed by atoms with van der Waals surface area (Å²) in [5, 5.41) is 4.92. The van der Waals surface area contributed by atoms with Crippen molar-refractivity contribution in [3.8, 4) is 11.1 Å². The molecule has 0 saturated carbocycles. The molecule has 3 N–H and O–H groups in total. The summed E-state index contributed by atoms with van der Waals surface area (Å²) in [4.78, 5) is 16.9. The first kappa shape index (κ1) is 15.2. The minimum atomic E-state index is -4.68. The third-order valence-electron chi connectivity index (χ3n) is 2.57. The van der Waals surface area contributed by atoms with Crippen LogP contribution in [0.4, 0.5) is 13.2 Å². The molecule has 2 rings (SSSR count). The summed E-state index contributed by atoms with van der Waals surface area (Å²) in [6, 6.07) is 1.44. The van der Waals surface area contributed by atoms with Crippen LogP contribution in [-0.2, 0) is 16.2 Å². The van der Waals surface area contributed by atoms with E-state index in [1.807, 2.05) is 4.98 Å². The van der Waals surface area contributed by atoms with Crippen molar-refractivity contribution in [2.75, 3.05) is 0 Å². The number of hydrogen-bond donors (Lipinski definition) is 2. The number of nitrogens with one attached hydrogen (secondary N) is 1. The Balaban J connectivity index is 2.56. The molecular weight excluding hydrogens is 311 g/mol. The molecule has 2 heterocycles. The predicted molar refractivity (Wildman–Crippen MR) is 66.7 cm³/mol. The summed E-state index contributed by atoms with van der Waals surface area (Å²) in [5.41, 5.74) is -2.24. The molecule has 0 aliphatic carbocycles. The third-order valence-corrected chi connectivity index (χ3v) is 3.45. The fourth-order valence-corrected chi connectivity index (χ4v) is 2.08. The van der Waals surface area contributed by atoms with Crippen molar-refractivity contribution in [2.24, 2.45) is 5.14 Å². The minimum absolute atomic E-state index is 0.0384. The highest BCUT2D eigenvalue weighted by Gasteiger charge is 2.32. The fraction of sp³-hybridized carbons (Fsp3) is 0.0909. The number of aromatic amines is 1. The monoisotopic (exact) mass is 319 g/mol. The van der Waals surface area contributed by atoms with Gasteiger partial charge in [-0.15, -0.1) is 0 Å². The number of halogens is 3. The quantitative estimate of drug-likeness (QED) is 0.864. The van der Waals surface area contributed by atoms with Crippen LogP contribution in [0.1, 0.15) is 5.69 Å². The largest absolute Gasteiger partial charge is 0.431 e. The number of sulfonamides is 1. The van der Waals surface area contributed by atoms with E-state index in [4.69, 9.17) is 5.14 Å². The van der Waals surface area contributed by atoms with Gasteiger partial charge in [0.15, 0.2) is 5.43 Å². The second kappa shape index (κ2) is 4.97. The van der Waals surface area contributed by atoms with E-state index >= 15 is 0 Å². The summed E-state index contributed by atoms with van der Waals surface area (Å²) in [7, 11) is -4.03. The van der Waals surface area contributed by atoms with Crippen LogP contribution in [0.5, 0.6) is 0 Å². The van der Waals surface area contributed by atoms with Gasteiger partial charge in [-0.2, -0.15) is 13.2 Å². The van der Waals surface area contributed by atoms with Crippen molar-refractivity contribution in [2.45, 2.75) is 11.1 Å². The molecule has 10 heteroatoms. The Morgan fingerprint density at radius 2 is 1.86 bits per heavy atom. The molecule has 0 bridgehead atoms. The SMILES string of the molecule is NS(=O)(=O)c1cncc(-c2c[nH]c(C(F)(F)F)cc2=O)c1. The Morgan fingerprint density at radius 1 is 1.19 bits per heavy atom. The van der Waals surface area contributed by atoms with Crippen molar-refractivity contribution in [1.29, 1.82) is 0 Å². The Hall–Kier alpha value is -2.20. The molecule has 0 aliphatic heterocycles. The van der Waals surface area contributed by atoms with Crippen molar-refractivity contribution in [3.05, 3.63) is 46.6 Å². The Kier molecular flexibility index (Phi) is 3.59. The second-order valence-corrected chi connectivity index (χ2v) is 5.64. The molecule has 0 spiro atoms. The summed E-state index contributed by atoms with van der Waals surface area (Å²) in [6.07, 6.45) is -1.73. The summed E-state index contributed by atoms with van der Waals surface area (Å²) >= 11 is 0. The van der Waals surface area contributed by atoms with Crippen molar-refractivity contribution < 1.29 is 21.6 Å². The maximum atomic E-state index is 12.4. The van der Waals surface area contributed by atoms with E-state index in [2.05, 4.69) is 4.98 Å². The van der Waals surface area contributed by atoms with E-state index in [0.29, 0.717) is 6.07 Å². The first-order chi connectivity index (χ1) is 9.59. The lowest BCUT2D eigenvalue weighted by Gasteiger charge is -2.07. The Labute approximate surface area is 116 Å². The van der Waals surface area contributed by atoms with E-state index < -0.39 is 27.3 Å². The maximum absolute atomic E-state index is 12.4. The van der Waals surface area contributed by atoms with E-state index in [-0.39, 0.29) is 16.0 Å². The molecule has 0 unspecified atom stereocenters. The molecule has 0 radical (unpaired) electrons. The standard InChI is InChI=1S/C11H8F3N3O3S/c12-11(13,14)10-2-9(18)8(5-17-10)6-1-7(4-16-3-6)21(15,19)20/h1-5H,(H,17,18)(H2,15,19,20). The van der Waals surface area contributed by atoms with Gasteiger partial charge in [0.05, 0.1) is 0 Å². The third kappa shape index (κ3) is 3.28. The molecule has 21 heavy (non-hydrogen) atoms. The molecule has 2 aromatic rings. The number of pyridine rings is 2. The van der Waals surface area contributed by atoms with Crippen LogP contribution in [0.2, 0.25) is 0 Å². The van der Waals surface area contributed by atoms with Gasteiger partial charge in [-0.25, -0.2) is 13.6 Å². The van der Waals surface area contributed by atoms with Gasteiger partial charge in [-0.1, -0.05) is 0 Å². The lowest BCUT2D eigenvalue weighted by molar-refractivity contribution is -0.141. The molecule has 0 saturated heterocycles. The van der Waals surface area contributed by atoms with Gasteiger partial charge >= 0.3 is 6.18 Å². The molecule has 0 atom stereocenters. The van der Waals surface area contributed by atoms with Crippen LogP contribution < -0.4 is 10.6 Å². The first-order valence-electron chi connectivity index (χ1n) is 5.37. The summed E-state index contributed by atoms with van der Waals surface area (Å²) in [6.45, 7) is 0. The molecule has 0 fully saturated rings. The van der Waals surface area contributed by atoms with Gasteiger partial charge in [0.2, 0.25) is 10.0 Å². The smallest absolute Gasteiger partial charge is 0.357 e. The zero-order chi connectivity index (χ0) is 15.8. The van der Waals surface area contributed by atoms with Crippen LogP contribution in [0.15, 0.2) is 40.4 Å². The number of hydrogen-bond acceptors (Lipinski definition) is 4. The highest BCUT2D eigenvalue weighted by atomic mass is 32.2. The fourth-order valence-electron chi connectivity index (χ4n) is 1.58. The van der Waals surface area contributed by atoms with Crippen LogP contribution in [-0.4, -0.2) is 18.4 Å². The van der Waals surface area contributed by atoms with Gasteiger partial charge in [-0.3, -0.25) is 9.78 Å². The average molecular weight is 319 g/mol. The molecule has 0 amide bonds. The van der Waals surface area contributed by atoms with Gasteiger partial charge in [0.25, 0.3) is 0 Å². The number of alkyl halides is 3. The topological polar surface area (TPSA) is 106 Å². The highest BCUT2D eigenvalue weighted by Crippen LogP contribution is 2.27. The van der Waals surface area contributed by atoms with Crippen LogP contribution >= 0.6 is 0 Å². The second-order valence-electron chi connectivity index (χ2n) is 4.08. The maximum Gasteiger partial charge on any atom is 0.431 e. The normalized spacial score (nSPS) is 12.4. The van der Waals surface area contributed by atoms with E-state index in [0.717, 1.165) is 24.7 Å². The van der Waals surface area contributed by atoms with E-state index in [9.17, 15) is 26.4 Å². The van der Waals surface area contributed by atoms with Crippen LogP contribution in [0.3, 0.4) is 0 Å². The van der Waals surface area contributed by atoms with Gasteiger partial charge in [-0.05, 0) is 6.07 Å². The zero-order valence-electron chi connectivity index (χ0n) is 10.2. The number of nitrogens with zero attached hydrogens (tertiary/aromatic N) is 1. The van der Waals surface area contributed by atoms with Gasteiger partial charge in [0, 0.05) is 35.8 Å². The predicted octanol–water partition coefficient (Wildman–Crippen LogP) is 1.10. The lowest BCUT2D eigenvalue weighted by Crippen LogP contribution is -2.15. The Morgan fingerprint density at radius 3 is 2.38 bits per heavy atom. The number of H-pyrrole nitrogens is 1. The van der Waals surface area contributed by atoms with Crippen LogP contribution in [0, 0.1) is 0 Å². The average Bonchev–Trinajstić information content (AvgIpc) is 2.36. The number of nitrogens with two attached hydrogens (primary N) is 1. The number of primary sulfonamides is 1. The summed E-state index contributed by atoms with van der Waals surface area (Å²) in [5.74, 6) is 0. The van der Waals surface area contributed by atoms with Crippen molar-refractivity contribution >= 4 is 10.0 Å². The number of aromatic nitrogens is 2. The van der Waals surface area contributed by atoms with Gasteiger partial charge in [0.1, 0.15) is 10.6 Å². The molecule has 2 aromatic heterocycles. The van der Waals surface area contributed by atoms with Crippen molar-refractivity contribution in [3.63, 3.8) is 0 Å². The molecule has 112 valence electrons. The van der Waals surface area contributed by atoms with E-state index in [1.165, 1.54) is 0 Å². The van der Waals surface area contributed by atoms with Gasteiger partial charge < -0.3 is 4.98 Å². The Bertz CT molecular complexity index is 844. The molecule has 0 aliphatic rings. The van der Waals surface area contributed by atoms with Crippen molar-refractivity contribution in [1.82, 2.24) is 9.97 Å². The molecular formula is C11H8F3N3O3S. The van der Waals surface area contributed by atoms with Crippen LogP contribution in [0.25, 0.3) is 11.1 Å². The summed E-state index contributed by atoms with van der Waals surface area (Å²) < 4.78 is 59.7. The number of rotatable bonds is 2. The zero-order valence-corrected chi connectivity index (χ0v) is 11.0. The minimum Gasteiger partial charge on any atom is -0.357 e. The molecule has 0 aromatic carbocycles. The highest BCUT2D eigenvalue weighted by molar-refractivity contribution is 7.89. The lowest BCUT2D eigenvalue weighted by atomic mass is 10.1. The first-order valence-corrected chi connectivity index (χ1v) is 6.92.